The minimum Gasteiger partial charge on any atom is -0.493 e. The van der Waals surface area contributed by atoms with Crippen LogP contribution in [-0.2, 0) is 0 Å². The van der Waals surface area contributed by atoms with E-state index in [1.165, 1.54) is 11.3 Å². The lowest BCUT2D eigenvalue weighted by atomic mass is 10.1. The van der Waals surface area contributed by atoms with Gasteiger partial charge in [0.05, 0.1) is 19.9 Å². The third-order valence-electron chi connectivity index (χ3n) is 3.34. The molecule has 1 heterocycles. The lowest BCUT2D eigenvalue weighted by molar-refractivity contribution is 0.0949. The van der Waals surface area contributed by atoms with E-state index >= 15 is 0 Å². The monoisotopic (exact) mass is 421 g/mol. The molecule has 0 saturated carbocycles. The Morgan fingerprint density at radius 1 is 1.23 bits per heavy atom. The molecule has 0 bridgehead atoms. The van der Waals surface area contributed by atoms with Crippen LogP contribution >= 0.6 is 36.2 Å². The molecule has 146 valence electrons. The Labute approximate surface area is 170 Å². The average molecular weight is 422 g/mol. The predicted octanol–water partition coefficient (Wildman–Crippen LogP) is 3.45. The summed E-state index contributed by atoms with van der Waals surface area (Å²) >= 11 is 1.34. The molecular formula is C17H25Cl2N3O3S. The molecule has 3 N–H and O–H groups in total. The number of carbonyl (C=O) groups excluding carboxylic acids is 1. The molecule has 0 aliphatic rings. The fourth-order valence-corrected chi connectivity index (χ4v) is 3.07. The van der Waals surface area contributed by atoms with Gasteiger partial charge in [0.15, 0.2) is 11.5 Å². The summed E-state index contributed by atoms with van der Waals surface area (Å²) in [6.07, 6.45) is 0. The Bertz CT molecular complexity index is 745. The summed E-state index contributed by atoms with van der Waals surface area (Å²) in [6.45, 7) is 5.95. The van der Waals surface area contributed by atoms with Crippen LogP contribution in [0.2, 0.25) is 0 Å². The van der Waals surface area contributed by atoms with E-state index < -0.39 is 5.54 Å². The Morgan fingerprint density at radius 2 is 1.85 bits per heavy atom. The van der Waals surface area contributed by atoms with E-state index in [-0.39, 0.29) is 30.7 Å². The van der Waals surface area contributed by atoms with Crippen LogP contribution in [0.5, 0.6) is 11.5 Å². The summed E-state index contributed by atoms with van der Waals surface area (Å²) in [5, 5.41) is 3.60. The number of amides is 1. The molecule has 2 aromatic rings. The molecule has 2 rings (SSSR count). The van der Waals surface area contributed by atoms with Crippen LogP contribution in [0.1, 0.15) is 29.2 Å². The number of ether oxygens (including phenoxy) is 2. The second-order valence-corrected chi connectivity index (χ2v) is 7.17. The van der Waals surface area contributed by atoms with E-state index in [1.54, 1.807) is 14.2 Å². The van der Waals surface area contributed by atoms with Gasteiger partial charge < -0.3 is 20.5 Å². The molecule has 0 aliphatic carbocycles. The number of aryl methyl sites for hydroxylation is 1. The molecule has 0 aliphatic heterocycles. The molecule has 1 aromatic carbocycles. The molecule has 0 fully saturated rings. The van der Waals surface area contributed by atoms with Crippen LogP contribution in [0.25, 0.3) is 10.6 Å². The maximum Gasteiger partial charge on any atom is 0.263 e. The number of nitrogens with zero attached hydrogens (tertiary/aromatic N) is 1. The fourth-order valence-electron chi connectivity index (χ4n) is 2.09. The zero-order valence-electron chi connectivity index (χ0n) is 15.4. The van der Waals surface area contributed by atoms with Gasteiger partial charge in [-0.2, -0.15) is 0 Å². The summed E-state index contributed by atoms with van der Waals surface area (Å²) in [4.78, 5) is 17.4. The number of hydrogen-bond donors (Lipinski definition) is 2. The summed E-state index contributed by atoms with van der Waals surface area (Å²) < 4.78 is 10.6. The van der Waals surface area contributed by atoms with Crippen LogP contribution in [0.3, 0.4) is 0 Å². The number of thiazole rings is 1. The van der Waals surface area contributed by atoms with Crippen molar-refractivity contribution in [3.8, 4) is 22.1 Å². The second kappa shape index (κ2) is 9.97. The van der Waals surface area contributed by atoms with Gasteiger partial charge in [-0.05, 0) is 39.0 Å². The van der Waals surface area contributed by atoms with Crippen LogP contribution in [-0.4, -0.2) is 37.2 Å². The van der Waals surface area contributed by atoms with Gasteiger partial charge in [0.25, 0.3) is 5.91 Å². The highest BCUT2D eigenvalue weighted by atomic mass is 35.5. The number of rotatable bonds is 6. The van der Waals surface area contributed by atoms with Crippen molar-refractivity contribution < 1.29 is 14.3 Å². The van der Waals surface area contributed by atoms with Crippen LogP contribution in [0.15, 0.2) is 18.2 Å². The maximum atomic E-state index is 12.3. The third-order valence-corrected chi connectivity index (χ3v) is 4.54. The second-order valence-electron chi connectivity index (χ2n) is 6.17. The van der Waals surface area contributed by atoms with Crippen LogP contribution in [0, 0.1) is 6.92 Å². The Morgan fingerprint density at radius 3 is 2.38 bits per heavy atom. The lowest BCUT2D eigenvalue weighted by Gasteiger charge is -2.18. The number of nitrogens with two attached hydrogens (primary N) is 1. The van der Waals surface area contributed by atoms with Crippen molar-refractivity contribution in [3.63, 3.8) is 0 Å². The lowest BCUT2D eigenvalue weighted by Crippen LogP contribution is -2.45. The molecule has 1 amide bonds. The van der Waals surface area contributed by atoms with Crippen molar-refractivity contribution in [2.75, 3.05) is 20.8 Å². The molecular weight excluding hydrogens is 397 g/mol. The van der Waals surface area contributed by atoms with Crippen LogP contribution in [0.4, 0.5) is 0 Å². The minimum absolute atomic E-state index is 0. The van der Waals surface area contributed by atoms with Crippen molar-refractivity contribution in [1.82, 2.24) is 10.3 Å². The first-order chi connectivity index (χ1) is 11.2. The van der Waals surface area contributed by atoms with Gasteiger partial charge in [0, 0.05) is 17.6 Å². The van der Waals surface area contributed by atoms with E-state index in [0.717, 1.165) is 10.6 Å². The molecule has 6 nitrogen and oxygen atoms in total. The van der Waals surface area contributed by atoms with E-state index in [2.05, 4.69) is 10.3 Å². The summed E-state index contributed by atoms with van der Waals surface area (Å²) in [5.41, 5.74) is 7.01. The van der Waals surface area contributed by atoms with Crippen molar-refractivity contribution in [1.29, 1.82) is 0 Å². The van der Waals surface area contributed by atoms with Gasteiger partial charge in [-0.15, -0.1) is 36.2 Å². The molecule has 0 radical (unpaired) electrons. The number of carbonyl (C=O) groups is 1. The van der Waals surface area contributed by atoms with Gasteiger partial charge in [-0.1, -0.05) is 0 Å². The topological polar surface area (TPSA) is 86.5 Å². The van der Waals surface area contributed by atoms with Gasteiger partial charge in [0.2, 0.25) is 0 Å². The average Bonchev–Trinajstić information content (AvgIpc) is 2.93. The zero-order valence-corrected chi connectivity index (χ0v) is 17.9. The number of nitrogens with one attached hydrogen (secondary N) is 1. The summed E-state index contributed by atoms with van der Waals surface area (Å²) in [7, 11) is 3.18. The smallest absolute Gasteiger partial charge is 0.263 e. The number of methoxy groups -OCH3 is 2. The first kappa shape index (κ1) is 24.5. The van der Waals surface area contributed by atoms with Gasteiger partial charge >= 0.3 is 0 Å². The summed E-state index contributed by atoms with van der Waals surface area (Å²) in [6, 6.07) is 5.56. The van der Waals surface area contributed by atoms with Crippen molar-refractivity contribution in [2.45, 2.75) is 26.3 Å². The predicted molar refractivity (Wildman–Crippen MR) is 110 cm³/mol. The van der Waals surface area contributed by atoms with Crippen molar-refractivity contribution in [2.24, 2.45) is 5.73 Å². The normalized spacial score (nSPS) is 10.4. The van der Waals surface area contributed by atoms with E-state index in [1.807, 2.05) is 39.0 Å². The van der Waals surface area contributed by atoms with E-state index in [0.29, 0.717) is 28.6 Å². The standard InChI is InChI=1S/C17H23N3O3S.2ClH/c1-10-14(15(21)19-9-17(2,3)18)24-16(20-10)11-6-7-12(22-4)13(8-11)23-5;;/h6-8H,9,18H2,1-5H3,(H,19,21);2*1H. The highest BCUT2D eigenvalue weighted by Gasteiger charge is 2.19. The Kier molecular flexibility index (Phi) is 9.38. The maximum absolute atomic E-state index is 12.3. The first-order valence-corrected chi connectivity index (χ1v) is 8.33. The van der Waals surface area contributed by atoms with Gasteiger partial charge in [-0.3, -0.25) is 4.79 Å². The molecule has 1 aromatic heterocycles. The molecule has 26 heavy (non-hydrogen) atoms. The molecule has 0 saturated heterocycles. The number of hydrogen-bond acceptors (Lipinski definition) is 6. The van der Waals surface area contributed by atoms with Gasteiger partial charge in [-0.25, -0.2) is 4.98 Å². The zero-order chi connectivity index (χ0) is 17.9. The third kappa shape index (κ3) is 6.02. The number of aromatic nitrogens is 1. The van der Waals surface area contributed by atoms with E-state index in [9.17, 15) is 4.79 Å². The Balaban J connectivity index is 0.00000312. The quantitative estimate of drug-likeness (QED) is 0.745. The molecule has 0 spiro atoms. The number of benzene rings is 1. The van der Waals surface area contributed by atoms with E-state index in [4.69, 9.17) is 15.2 Å². The minimum atomic E-state index is -0.458. The SMILES string of the molecule is COc1ccc(-c2nc(C)c(C(=O)NCC(C)(C)N)s2)cc1OC.Cl.Cl. The molecule has 0 unspecified atom stereocenters. The highest BCUT2D eigenvalue weighted by Crippen LogP contribution is 2.34. The van der Waals surface area contributed by atoms with Crippen LogP contribution < -0.4 is 20.5 Å². The largest absolute Gasteiger partial charge is 0.493 e. The highest BCUT2D eigenvalue weighted by molar-refractivity contribution is 7.17. The fraction of sp³-hybridized carbons (Fsp3) is 0.412. The Hall–Kier alpha value is -1.54. The summed E-state index contributed by atoms with van der Waals surface area (Å²) in [5.74, 6) is 1.12. The molecule has 9 heteroatoms. The van der Waals surface area contributed by atoms with Crippen molar-refractivity contribution >= 4 is 42.1 Å². The molecule has 0 atom stereocenters. The first-order valence-electron chi connectivity index (χ1n) is 7.52. The van der Waals surface area contributed by atoms with Crippen molar-refractivity contribution in [3.05, 3.63) is 28.8 Å². The van der Waals surface area contributed by atoms with Gasteiger partial charge in [0.1, 0.15) is 9.88 Å². The number of halogens is 2.